The minimum Gasteiger partial charge on any atom is -0.382 e. The van der Waals surface area contributed by atoms with Gasteiger partial charge in [-0.1, -0.05) is 19.9 Å². The number of anilines is 1. The molecule has 1 fully saturated rings. The monoisotopic (exact) mass is 275 g/mol. The lowest BCUT2D eigenvalue weighted by Crippen LogP contribution is -2.45. The Morgan fingerprint density at radius 3 is 2.90 bits per heavy atom. The van der Waals surface area contributed by atoms with Gasteiger partial charge in [-0.3, -0.25) is 4.79 Å². The van der Waals surface area contributed by atoms with Crippen molar-refractivity contribution >= 4 is 11.6 Å². The Labute approximate surface area is 121 Å². The molecule has 1 saturated heterocycles. The molecule has 110 valence electrons. The van der Waals surface area contributed by atoms with Gasteiger partial charge in [0.1, 0.15) is 0 Å². The second kappa shape index (κ2) is 6.75. The third-order valence-corrected chi connectivity index (χ3v) is 4.14. The Morgan fingerprint density at radius 2 is 2.25 bits per heavy atom. The molecule has 4 heteroatoms. The lowest BCUT2D eigenvalue weighted by atomic mass is 9.93. The molecule has 1 aliphatic heterocycles. The van der Waals surface area contributed by atoms with Crippen LogP contribution in [0.1, 0.15) is 30.6 Å². The highest BCUT2D eigenvalue weighted by molar-refractivity contribution is 5.94. The van der Waals surface area contributed by atoms with E-state index in [1.54, 1.807) is 7.05 Å². The van der Waals surface area contributed by atoms with Crippen molar-refractivity contribution in [3.63, 3.8) is 0 Å². The van der Waals surface area contributed by atoms with E-state index in [2.05, 4.69) is 29.4 Å². The van der Waals surface area contributed by atoms with Crippen molar-refractivity contribution in [3.8, 4) is 0 Å². The van der Waals surface area contributed by atoms with Gasteiger partial charge < -0.3 is 15.5 Å². The molecule has 2 rings (SSSR count). The first-order valence-electron chi connectivity index (χ1n) is 7.45. The summed E-state index contributed by atoms with van der Waals surface area (Å²) in [6.45, 7) is 7.93. The molecule has 0 saturated carbocycles. The predicted molar refractivity (Wildman–Crippen MR) is 83.1 cm³/mol. The normalized spacial score (nSPS) is 23.4. The summed E-state index contributed by atoms with van der Waals surface area (Å²) in [5, 5.41) is 6.25. The smallest absolute Gasteiger partial charge is 0.251 e. The molecule has 1 aromatic carbocycles. The second-order valence-corrected chi connectivity index (χ2v) is 5.57. The minimum atomic E-state index is -0.0394. The predicted octanol–water partition coefficient (Wildman–Crippen LogP) is 2.19. The maximum absolute atomic E-state index is 11.7. The molecule has 1 aromatic rings. The molecule has 0 aliphatic carbocycles. The van der Waals surface area contributed by atoms with E-state index in [9.17, 15) is 4.79 Å². The highest BCUT2D eigenvalue weighted by atomic mass is 16.1. The number of nitrogens with one attached hydrogen (secondary N) is 2. The molecular weight excluding hydrogens is 250 g/mol. The van der Waals surface area contributed by atoms with Crippen molar-refractivity contribution in [2.45, 2.75) is 26.3 Å². The van der Waals surface area contributed by atoms with Crippen LogP contribution < -0.4 is 10.6 Å². The van der Waals surface area contributed by atoms with E-state index >= 15 is 0 Å². The summed E-state index contributed by atoms with van der Waals surface area (Å²) in [4.78, 5) is 14.1. The van der Waals surface area contributed by atoms with Crippen molar-refractivity contribution in [1.82, 2.24) is 10.2 Å². The van der Waals surface area contributed by atoms with Gasteiger partial charge in [-0.15, -0.1) is 0 Å². The summed E-state index contributed by atoms with van der Waals surface area (Å²) in [6.07, 6.45) is 1.15. The molecule has 20 heavy (non-hydrogen) atoms. The standard InChI is InChI=1S/C16H25N3O/c1-4-19-9-8-15(12(2)11-19)18-14-7-5-6-13(10-14)16(20)17-3/h5-7,10,12,15,18H,4,8-9,11H2,1-3H3,(H,17,20)/t12-,15+/m0/s1. The van der Waals surface area contributed by atoms with Crippen LogP contribution in [0.4, 0.5) is 5.69 Å². The largest absolute Gasteiger partial charge is 0.382 e. The number of piperidine rings is 1. The Balaban J connectivity index is 2.01. The van der Waals surface area contributed by atoms with Gasteiger partial charge in [0.15, 0.2) is 0 Å². The molecule has 2 atom stereocenters. The Bertz CT molecular complexity index is 461. The number of amides is 1. The van der Waals surface area contributed by atoms with Crippen LogP contribution in [0.25, 0.3) is 0 Å². The summed E-state index contributed by atoms with van der Waals surface area (Å²) in [7, 11) is 1.66. The fourth-order valence-electron chi connectivity index (χ4n) is 2.84. The zero-order valence-corrected chi connectivity index (χ0v) is 12.6. The topological polar surface area (TPSA) is 44.4 Å². The highest BCUT2D eigenvalue weighted by Crippen LogP contribution is 2.21. The highest BCUT2D eigenvalue weighted by Gasteiger charge is 2.25. The van der Waals surface area contributed by atoms with Crippen LogP contribution in [0.3, 0.4) is 0 Å². The molecule has 0 aromatic heterocycles. The molecule has 4 nitrogen and oxygen atoms in total. The van der Waals surface area contributed by atoms with Gasteiger partial charge in [0.25, 0.3) is 5.91 Å². The van der Waals surface area contributed by atoms with Crippen LogP contribution in [-0.2, 0) is 0 Å². The number of likely N-dealkylation sites (tertiary alicyclic amines) is 1. The number of benzene rings is 1. The zero-order valence-electron chi connectivity index (χ0n) is 12.6. The van der Waals surface area contributed by atoms with Crippen LogP contribution in [0, 0.1) is 5.92 Å². The fourth-order valence-corrected chi connectivity index (χ4v) is 2.84. The molecule has 1 aliphatic rings. The number of hydrogen-bond acceptors (Lipinski definition) is 3. The third kappa shape index (κ3) is 3.51. The van der Waals surface area contributed by atoms with Gasteiger partial charge >= 0.3 is 0 Å². The van der Waals surface area contributed by atoms with E-state index in [1.807, 2.05) is 24.3 Å². The SMILES string of the molecule is CCN1CC[C@@H](Nc2cccc(C(=O)NC)c2)[C@@H](C)C1. The van der Waals surface area contributed by atoms with Crippen molar-refractivity contribution in [1.29, 1.82) is 0 Å². The Morgan fingerprint density at radius 1 is 1.45 bits per heavy atom. The van der Waals surface area contributed by atoms with Crippen LogP contribution in [-0.4, -0.2) is 43.5 Å². The van der Waals surface area contributed by atoms with Crippen molar-refractivity contribution < 1.29 is 4.79 Å². The molecule has 0 spiro atoms. The van der Waals surface area contributed by atoms with E-state index < -0.39 is 0 Å². The molecule has 0 bridgehead atoms. The first-order valence-corrected chi connectivity index (χ1v) is 7.45. The van der Waals surface area contributed by atoms with E-state index in [1.165, 1.54) is 0 Å². The lowest BCUT2D eigenvalue weighted by molar-refractivity contribution is 0.0963. The number of hydrogen-bond donors (Lipinski definition) is 2. The first-order chi connectivity index (χ1) is 9.63. The minimum absolute atomic E-state index is 0.0394. The average Bonchev–Trinajstić information content (AvgIpc) is 2.48. The van der Waals surface area contributed by atoms with E-state index in [4.69, 9.17) is 0 Å². The Kier molecular flexibility index (Phi) is 5.01. The Hall–Kier alpha value is -1.55. The fraction of sp³-hybridized carbons (Fsp3) is 0.562. The summed E-state index contributed by atoms with van der Waals surface area (Å²) >= 11 is 0. The number of nitrogens with zero attached hydrogens (tertiary/aromatic N) is 1. The zero-order chi connectivity index (χ0) is 14.5. The number of carbonyl (C=O) groups is 1. The van der Waals surface area contributed by atoms with Gasteiger partial charge in [-0.25, -0.2) is 0 Å². The molecular formula is C16H25N3O. The van der Waals surface area contributed by atoms with Crippen molar-refractivity contribution in [3.05, 3.63) is 29.8 Å². The molecule has 0 radical (unpaired) electrons. The molecule has 2 N–H and O–H groups in total. The van der Waals surface area contributed by atoms with Gasteiger partial charge in [0.2, 0.25) is 0 Å². The number of rotatable bonds is 4. The van der Waals surface area contributed by atoms with E-state index in [0.717, 1.165) is 31.7 Å². The maximum Gasteiger partial charge on any atom is 0.251 e. The van der Waals surface area contributed by atoms with Crippen LogP contribution in [0.5, 0.6) is 0 Å². The summed E-state index contributed by atoms with van der Waals surface area (Å²) < 4.78 is 0. The van der Waals surface area contributed by atoms with Crippen LogP contribution in [0.15, 0.2) is 24.3 Å². The van der Waals surface area contributed by atoms with Crippen LogP contribution >= 0.6 is 0 Å². The second-order valence-electron chi connectivity index (χ2n) is 5.57. The molecule has 1 amide bonds. The van der Waals surface area contributed by atoms with Gasteiger partial charge in [0, 0.05) is 37.4 Å². The summed E-state index contributed by atoms with van der Waals surface area (Å²) in [6, 6.07) is 8.22. The van der Waals surface area contributed by atoms with E-state index in [0.29, 0.717) is 17.5 Å². The van der Waals surface area contributed by atoms with Gasteiger partial charge in [0.05, 0.1) is 0 Å². The molecule has 1 heterocycles. The average molecular weight is 275 g/mol. The van der Waals surface area contributed by atoms with Crippen LogP contribution in [0.2, 0.25) is 0 Å². The number of carbonyl (C=O) groups excluding carboxylic acids is 1. The van der Waals surface area contributed by atoms with Gasteiger partial charge in [-0.05, 0) is 37.1 Å². The lowest BCUT2D eigenvalue weighted by Gasteiger charge is -2.37. The quantitative estimate of drug-likeness (QED) is 0.885. The first kappa shape index (κ1) is 14.9. The summed E-state index contributed by atoms with van der Waals surface area (Å²) in [5.74, 6) is 0.579. The van der Waals surface area contributed by atoms with Crippen molar-refractivity contribution in [2.75, 3.05) is 32.0 Å². The third-order valence-electron chi connectivity index (χ3n) is 4.14. The summed E-state index contributed by atoms with van der Waals surface area (Å²) in [5.41, 5.74) is 1.74. The van der Waals surface area contributed by atoms with Gasteiger partial charge in [-0.2, -0.15) is 0 Å². The van der Waals surface area contributed by atoms with E-state index in [-0.39, 0.29) is 5.91 Å². The van der Waals surface area contributed by atoms with Crippen molar-refractivity contribution in [2.24, 2.45) is 5.92 Å². The maximum atomic E-state index is 11.7. The molecule has 0 unspecified atom stereocenters.